The van der Waals surface area contributed by atoms with Crippen molar-refractivity contribution in [2.45, 2.75) is 38.1 Å². The number of aromatic amines is 1. The molecule has 0 bridgehead atoms. The summed E-state index contributed by atoms with van der Waals surface area (Å²) in [5, 5.41) is 11.6. The summed E-state index contributed by atoms with van der Waals surface area (Å²) in [7, 11) is 0. The molecule has 0 atom stereocenters. The van der Waals surface area contributed by atoms with Gasteiger partial charge in [-0.1, -0.05) is 36.9 Å². The zero-order valence-corrected chi connectivity index (χ0v) is 11.5. The van der Waals surface area contributed by atoms with Gasteiger partial charge in [-0.3, -0.25) is 4.99 Å². The number of aromatic hydroxyl groups is 1. The van der Waals surface area contributed by atoms with Gasteiger partial charge in [0.15, 0.2) is 5.88 Å². The number of hydrogen-bond donors (Lipinski definition) is 2. The highest BCUT2D eigenvalue weighted by Crippen LogP contribution is 2.28. The second kappa shape index (κ2) is 5.25. The van der Waals surface area contributed by atoms with Crippen LogP contribution in [0.3, 0.4) is 0 Å². The van der Waals surface area contributed by atoms with Crippen molar-refractivity contribution in [2.75, 3.05) is 0 Å². The largest absolute Gasteiger partial charge is 0.494 e. The lowest BCUT2D eigenvalue weighted by molar-refractivity contribution is 0.443. The van der Waals surface area contributed by atoms with E-state index in [1.807, 2.05) is 18.2 Å². The SMILES string of the molecule is Oc1[nH]c2cc(Cl)ccc2c1C=NC1CCCCC1. The first-order chi connectivity index (χ1) is 9.24. The van der Waals surface area contributed by atoms with Crippen LogP contribution in [0, 0.1) is 0 Å². The zero-order chi connectivity index (χ0) is 13.2. The summed E-state index contributed by atoms with van der Waals surface area (Å²) >= 11 is 5.94. The molecule has 1 heterocycles. The number of aliphatic imine (C=N–C) groups is 1. The molecule has 0 aliphatic heterocycles. The molecule has 1 aliphatic rings. The van der Waals surface area contributed by atoms with Gasteiger partial charge in [-0.05, 0) is 25.0 Å². The van der Waals surface area contributed by atoms with Gasteiger partial charge in [0.1, 0.15) is 0 Å². The second-order valence-corrected chi connectivity index (χ2v) is 5.58. The van der Waals surface area contributed by atoms with Gasteiger partial charge in [0.05, 0.1) is 11.1 Å². The van der Waals surface area contributed by atoms with E-state index in [4.69, 9.17) is 11.6 Å². The molecule has 0 spiro atoms. The van der Waals surface area contributed by atoms with Crippen LogP contribution < -0.4 is 0 Å². The van der Waals surface area contributed by atoms with Crippen LogP contribution in [-0.4, -0.2) is 22.3 Å². The quantitative estimate of drug-likeness (QED) is 0.790. The third kappa shape index (κ3) is 2.61. The Morgan fingerprint density at radius 1 is 1.26 bits per heavy atom. The van der Waals surface area contributed by atoms with Crippen molar-refractivity contribution >= 4 is 28.7 Å². The first-order valence-electron chi connectivity index (χ1n) is 6.77. The summed E-state index contributed by atoms with van der Waals surface area (Å²) in [5.41, 5.74) is 1.60. The average molecular weight is 277 g/mol. The Morgan fingerprint density at radius 3 is 2.84 bits per heavy atom. The normalized spacial score (nSPS) is 17.5. The molecular formula is C15H17ClN2O. The van der Waals surface area contributed by atoms with E-state index in [9.17, 15) is 5.11 Å². The van der Waals surface area contributed by atoms with Crippen molar-refractivity contribution in [3.05, 3.63) is 28.8 Å². The molecule has 1 aromatic carbocycles. The Kier molecular flexibility index (Phi) is 3.47. The molecule has 3 nitrogen and oxygen atoms in total. The van der Waals surface area contributed by atoms with Crippen molar-refractivity contribution in [2.24, 2.45) is 4.99 Å². The summed E-state index contributed by atoms with van der Waals surface area (Å²) < 4.78 is 0. The minimum atomic E-state index is 0.164. The molecule has 0 amide bonds. The van der Waals surface area contributed by atoms with E-state index in [2.05, 4.69) is 9.98 Å². The molecule has 100 valence electrons. The number of nitrogens with zero attached hydrogens (tertiary/aromatic N) is 1. The van der Waals surface area contributed by atoms with Crippen LogP contribution in [0.2, 0.25) is 5.02 Å². The van der Waals surface area contributed by atoms with E-state index < -0.39 is 0 Å². The maximum atomic E-state index is 9.96. The third-order valence-electron chi connectivity index (χ3n) is 3.77. The van der Waals surface area contributed by atoms with Crippen molar-refractivity contribution in [3.8, 4) is 5.88 Å². The van der Waals surface area contributed by atoms with E-state index in [1.165, 1.54) is 19.3 Å². The minimum Gasteiger partial charge on any atom is -0.494 e. The number of hydrogen-bond acceptors (Lipinski definition) is 2. The molecule has 1 aliphatic carbocycles. The molecule has 2 aromatic rings. The molecule has 1 aromatic heterocycles. The Morgan fingerprint density at radius 2 is 2.05 bits per heavy atom. The van der Waals surface area contributed by atoms with E-state index >= 15 is 0 Å². The van der Waals surface area contributed by atoms with E-state index in [0.717, 1.165) is 29.3 Å². The van der Waals surface area contributed by atoms with Gasteiger partial charge in [0, 0.05) is 22.7 Å². The van der Waals surface area contributed by atoms with Crippen LogP contribution >= 0.6 is 11.6 Å². The molecule has 2 N–H and O–H groups in total. The van der Waals surface area contributed by atoms with Gasteiger partial charge in [-0.25, -0.2) is 0 Å². The highest BCUT2D eigenvalue weighted by atomic mass is 35.5. The molecule has 4 heteroatoms. The molecule has 0 unspecified atom stereocenters. The van der Waals surface area contributed by atoms with Crippen molar-refractivity contribution < 1.29 is 5.11 Å². The fourth-order valence-corrected chi connectivity index (χ4v) is 2.89. The first kappa shape index (κ1) is 12.5. The van der Waals surface area contributed by atoms with Gasteiger partial charge in [0.2, 0.25) is 0 Å². The summed E-state index contributed by atoms with van der Waals surface area (Å²) in [5.74, 6) is 0.164. The Labute approximate surface area is 117 Å². The average Bonchev–Trinajstić information content (AvgIpc) is 2.72. The third-order valence-corrected chi connectivity index (χ3v) is 4.00. The lowest BCUT2D eigenvalue weighted by Gasteiger charge is -2.16. The van der Waals surface area contributed by atoms with Gasteiger partial charge in [-0.15, -0.1) is 0 Å². The van der Waals surface area contributed by atoms with Crippen molar-refractivity contribution in [1.29, 1.82) is 0 Å². The van der Waals surface area contributed by atoms with Gasteiger partial charge < -0.3 is 10.1 Å². The van der Waals surface area contributed by atoms with Crippen LogP contribution in [-0.2, 0) is 0 Å². The Balaban J connectivity index is 1.91. The fourth-order valence-electron chi connectivity index (χ4n) is 2.72. The first-order valence-corrected chi connectivity index (χ1v) is 7.15. The van der Waals surface area contributed by atoms with Gasteiger partial charge in [0.25, 0.3) is 0 Å². The lowest BCUT2D eigenvalue weighted by Crippen LogP contribution is -2.09. The van der Waals surface area contributed by atoms with Crippen molar-refractivity contribution in [3.63, 3.8) is 0 Å². The fraction of sp³-hybridized carbons (Fsp3) is 0.400. The summed E-state index contributed by atoms with van der Waals surface area (Å²) in [6, 6.07) is 5.96. The molecule has 1 fully saturated rings. The number of halogens is 1. The highest BCUT2D eigenvalue weighted by molar-refractivity contribution is 6.31. The van der Waals surface area contributed by atoms with Gasteiger partial charge in [-0.2, -0.15) is 0 Å². The van der Waals surface area contributed by atoms with E-state index in [0.29, 0.717) is 11.1 Å². The van der Waals surface area contributed by atoms with Crippen LogP contribution in [0.15, 0.2) is 23.2 Å². The Hall–Kier alpha value is -1.48. The standard InChI is InChI=1S/C15H17ClN2O/c16-10-6-7-12-13(15(19)18-14(12)8-10)9-17-11-4-2-1-3-5-11/h6-9,11,18-19H,1-5H2. The number of H-pyrrole nitrogens is 1. The summed E-state index contributed by atoms with van der Waals surface area (Å²) in [6.45, 7) is 0. The van der Waals surface area contributed by atoms with E-state index in [1.54, 1.807) is 6.21 Å². The topological polar surface area (TPSA) is 48.4 Å². The number of benzene rings is 1. The maximum Gasteiger partial charge on any atom is 0.198 e. The molecule has 0 radical (unpaired) electrons. The molecular weight excluding hydrogens is 260 g/mol. The predicted molar refractivity (Wildman–Crippen MR) is 79.4 cm³/mol. The zero-order valence-electron chi connectivity index (χ0n) is 10.7. The van der Waals surface area contributed by atoms with Crippen LogP contribution in [0.5, 0.6) is 5.88 Å². The molecule has 0 saturated heterocycles. The highest BCUT2D eigenvalue weighted by Gasteiger charge is 2.13. The van der Waals surface area contributed by atoms with Crippen LogP contribution in [0.4, 0.5) is 0 Å². The monoisotopic (exact) mass is 276 g/mol. The van der Waals surface area contributed by atoms with Crippen molar-refractivity contribution in [1.82, 2.24) is 4.98 Å². The number of fused-ring (bicyclic) bond motifs is 1. The maximum absolute atomic E-state index is 9.96. The van der Waals surface area contributed by atoms with Crippen LogP contribution in [0.1, 0.15) is 37.7 Å². The smallest absolute Gasteiger partial charge is 0.198 e. The number of aromatic nitrogens is 1. The predicted octanol–water partition coefficient (Wildman–Crippen LogP) is 4.28. The molecule has 1 saturated carbocycles. The van der Waals surface area contributed by atoms with Gasteiger partial charge >= 0.3 is 0 Å². The summed E-state index contributed by atoms with van der Waals surface area (Å²) in [4.78, 5) is 7.56. The lowest BCUT2D eigenvalue weighted by atomic mass is 9.96. The number of nitrogens with one attached hydrogen (secondary N) is 1. The summed E-state index contributed by atoms with van der Waals surface area (Å²) in [6.07, 6.45) is 7.97. The van der Waals surface area contributed by atoms with E-state index in [-0.39, 0.29) is 5.88 Å². The second-order valence-electron chi connectivity index (χ2n) is 5.15. The number of rotatable bonds is 2. The Bertz CT molecular complexity index is 612. The minimum absolute atomic E-state index is 0.164. The molecule has 3 rings (SSSR count). The molecule has 19 heavy (non-hydrogen) atoms. The van der Waals surface area contributed by atoms with Crippen LogP contribution in [0.25, 0.3) is 10.9 Å².